The number of benzene rings is 1. The van der Waals surface area contributed by atoms with E-state index in [1.165, 1.54) is 12.4 Å². The van der Waals surface area contributed by atoms with Crippen molar-refractivity contribution in [3.63, 3.8) is 0 Å². The van der Waals surface area contributed by atoms with Gasteiger partial charge in [0.15, 0.2) is 17.1 Å². The highest BCUT2D eigenvalue weighted by molar-refractivity contribution is 7.90. The predicted octanol–water partition coefficient (Wildman–Crippen LogP) is 2.61. The van der Waals surface area contributed by atoms with E-state index in [1.807, 2.05) is 0 Å². The van der Waals surface area contributed by atoms with Crippen molar-refractivity contribution in [2.75, 3.05) is 45.8 Å². The molecule has 4 aromatic rings. The third-order valence-corrected chi connectivity index (χ3v) is 14.1. The number of amides is 4. The predicted molar refractivity (Wildman–Crippen MR) is 272 cm³/mol. The number of fused-ring (bicyclic) bond motifs is 6. The third-order valence-electron chi connectivity index (χ3n) is 13.3. The van der Waals surface area contributed by atoms with Gasteiger partial charge in [0, 0.05) is 60.6 Å². The lowest BCUT2D eigenvalue weighted by atomic mass is 9.86. The van der Waals surface area contributed by atoms with Gasteiger partial charge >= 0.3 is 5.97 Å². The number of hydrogen-bond donors (Lipinski definition) is 5. The third kappa shape index (κ3) is 12.4. The molecule has 394 valence electrons. The highest BCUT2D eigenvalue weighted by Crippen LogP contribution is 2.43. The van der Waals surface area contributed by atoms with E-state index in [2.05, 4.69) is 61.8 Å². The number of nitrogens with zero attached hydrogens (tertiary/aromatic N) is 5. The van der Waals surface area contributed by atoms with Crippen LogP contribution in [0, 0.1) is 17.8 Å². The van der Waals surface area contributed by atoms with Gasteiger partial charge < -0.3 is 50.1 Å². The van der Waals surface area contributed by atoms with Crippen LogP contribution >= 0.6 is 0 Å². The smallest absolute Gasteiger partial charge is 0.343 e. The molecule has 5 N–H and O–H groups in total. The van der Waals surface area contributed by atoms with E-state index in [0.29, 0.717) is 69.7 Å². The van der Waals surface area contributed by atoms with Crippen molar-refractivity contribution in [3.8, 4) is 34.7 Å². The number of sulfone groups is 1. The van der Waals surface area contributed by atoms with Crippen LogP contribution < -0.4 is 36.3 Å². The van der Waals surface area contributed by atoms with Crippen molar-refractivity contribution < 1.29 is 51.7 Å². The van der Waals surface area contributed by atoms with Gasteiger partial charge in [0.25, 0.3) is 5.56 Å². The molecule has 0 radical (unpaired) electrons. The standard InChI is InChI=1S/C52H63N9O12S/c1-7-52(68)37-23-40-46-35(28-61(40)49(66)36(37)29-71-50(52)67)33(34-22-41-42(73-30-72-41)24-39(34)57-46)17-15-20-53-44(63)27-54-47(64)38(18-13-14-21-60(8-2)9-3)58-48(65)45(31(4)5)59-43(62)19-12-10-11-16-32-25-55-51(56-26-32)74(6,69)70/h15,17,22-26,31,38,45,68H,7-10,12-14,18-21,27-30H2,1-6H3,(H,53,63)(H,54,64)(H,58,65)(H,59,62)/b17-15+/t38-,45-,52-/m0/s1. The molecule has 0 unspecified atom stereocenters. The van der Waals surface area contributed by atoms with E-state index >= 15 is 0 Å². The summed E-state index contributed by atoms with van der Waals surface area (Å²) in [7, 11) is -3.54. The quantitative estimate of drug-likeness (QED) is 0.0288. The van der Waals surface area contributed by atoms with E-state index < -0.39 is 56.8 Å². The Morgan fingerprint density at radius 3 is 2.35 bits per heavy atom. The first-order chi connectivity index (χ1) is 35.4. The fourth-order valence-corrected chi connectivity index (χ4v) is 9.49. The summed E-state index contributed by atoms with van der Waals surface area (Å²) in [5.41, 5.74) is 1.23. The molecule has 0 saturated heterocycles. The molecule has 4 amide bonds. The molecule has 6 heterocycles. The average Bonchev–Trinajstić information content (AvgIpc) is 4.00. The largest absolute Gasteiger partial charge is 0.458 e. The molecule has 0 aliphatic carbocycles. The second kappa shape index (κ2) is 23.8. The van der Waals surface area contributed by atoms with Crippen molar-refractivity contribution in [1.82, 2.24) is 45.7 Å². The van der Waals surface area contributed by atoms with Crippen LogP contribution in [0.5, 0.6) is 11.5 Å². The molecule has 3 aromatic heterocycles. The Bertz CT molecular complexity index is 3090. The van der Waals surface area contributed by atoms with E-state index in [0.717, 1.165) is 32.3 Å². The van der Waals surface area contributed by atoms with Gasteiger partial charge in [-0.2, -0.15) is 0 Å². The van der Waals surface area contributed by atoms with Crippen LogP contribution in [0.3, 0.4) is 0 Å². The number of rotatable bonds is 22. The Labute approximate surface area is 429 Å². The van der Waals surface area contributed by atoms with Crippen molar-refractivity contribution in [1.29, 1.82) is 0 Å². The Hall–Kier alpha value is -7.22. The van der Waals surface area contributed by atoms with Crippen molar-refractivity contribution in [3.05, 3.63) is 74.8 Å². The normalized spacial score (nSPS) is 16.2. The van der Waals surface area contributed by atoms with Crippen molar-refractivity contribution in [2.24, 2.45) is 5.92 Å². The second-order valence-electron chi connectivity index (χ2n) is 18.7. The zero-order valence-electron chi connectivity index (χ0n) is 42.5. The maximum atomic E-state index is 13.9. The van der Waals surface area contributed by atoms with Crippen molar-refractivity contribution >= 4 is 56.4 Å². The highest BCUT2D eigenvalue weighted by Gasteiger charge is 2.45. The molecular formula is C52H63N9O12S. The molecule has 0 fully saturated rings. The summed E-state index contributed by atoms with van der Waals surface area (Å²) in [5, 5.41) is 22.9. The van der Waals surface area contributed by atoms with Gasteiger partial charge in [0.1, 0.15) is 18.7 Å². The number of nitrogens with one attached hydrogen (secondary N) is 4. The van der Waals surface area contributed by atoms with Crippen LogP contribution in [-0.4, -0.2) is 125 Å². The minimum Gasteiger partial charge on any atom is -0.458 e. The number of aliphatic hydroxyl groups is 1. The molecule has 7 rings (SSSR count). The van der Waals surface area contributed by atoms with E-state index in [-0.39, 0.29) is 80.4 Å². The van der Waals surface area contributed by atoms with Gasteiger partial charge in [-0.3, -0.25) is 24.0 Å². The Morgan fingerprint density at radius 1 is 0.932 bits per heavy atom. The van der Waals surface area contributed by atoms with E-state index in [9.17, 15) is 42.3 Å². The summed E-state index contributed by atoms with van der Waals surface area (Å²) in [6.07, 6.45) is 9.61. The molecule has 22 heteroatoms. The molecule has 21 nitrogen and oxygen atoms in total. The lowest BCUT2D eigenvalue weighted by Gasteiger charge is -2.31. The minimum absolute atomic E-state index is 0.00331. The summed E-state index contributed by atoms with van der Waals surface area (Å²) >= 11 is 0. The molecular weight excluding hydrogens is 975 g/mol. The fraction of sp³-hybridized carbons (Fsp3) is 0.481. The van der Waals surface area contributed by atoms with Crippen LogP contribution in [0.4, 0.5) is 0 Å². The monoisotopic (exact) mass is 1040 g/mol. The molecule has 1 aromatic carbocycles. The summed E-state index contributed by atoms with van der Waals surface area (Å²) in [5.74, 6) is 3.64. The molecule has 3 aliphatic heterocycles. The number of cyclic esters (lactones) is 1. The first-order valence-corrected chi connectivity index (χ1v) is 26.7. The van der Waals surface area contributed by atoms with Crippen molar-refractivity contribution in [2.45, 2.75) is 116 Å². The zero-order valence-corrected chi connectivity index (χ0v) is 43.3. The van der Waals surface area contributed by atoms with Gasteiger partial charge in [-0.05, 0) is 75.4 Å². The number of carbonyl (C=O) groups excluding carboxylic acids is 5. The maximum Gasteiger partial charge on any atom is 0.343 e. The van der Waals surface area contributed by atoms with Gasteiger partial charge in [-0.15, -0.1) is 0 Å². The summed E-state index contributed by atoms with van der Waals surface area (Å²) in [4.78, 5) is 95.4. The number of esters is 1. The zero-order chi connectivity index (χ0) is 53.3. The van der Waals surface area contributed by atoms with Crippen LogP contribution in [0.2, 0.25) is 0 Å². The highest BCUT2D eigenvalue weighted by atomic mass is 32.2. The minimum atomic E-state index is -3.54. The van der Waals surface area contributed by atoms with E-state index in [1.54, 1.807) is 55.7 Å². The molecule has 3 aliphatic rings. The maximum absolute atomic E-state index is 13.9. The van der Waals surface area contributed by atoms with Gasteiger partial charge in [-0.1, -0.05) is 58.6 Å². The molecule has 0 spiro atoms. The molecule has 0 bridgehead atoms. The summed E-state index contributed by atoms with van der Waals surface area (Å²) in [6.45, 7) is 11.4. The summed E-state index contributed by atoms with van der Waals surface area (Å²) in [6, 6.07) is 3.23. The lowest BCUT2D eigenvalue weighted by Crippen LogP contribution is -2.56. The Morgan fingerprint density at radius 2 is 1.66 bits per heavy atom. The number of ether oxygens (including phenoxy) is 3. The Balaban J connectivity index is 0.985. The topological polar surface area (TPSA) is 279 Å². The van der Waals surface area contributed by atoms with E-state index in [4.69, 9.17) is 19.2 Å². The van der Waals surface area contributed by atoms with Crippen LogP contribution in [0.1, 0.15) is 107 Å². The number of unbranched alkanes of at least 4 members (excludes halogenated alkanes) is 2. The molecule has 0 saturated carbocycles. The van der Waals surface area contributed by atoms with Crippen LogP contribution in [0.25, 0.3) is 28.4 Å². The fourth-order valence-electron chi connectivity index (χ4n) is 9.00. The number of pyridine rings is 2. The van der Waals surface area contributed by atoms with Crippen LogP contribution in [0.15, 0.2) is 46.6 Å². The van der Waals surface area contributed by atoms with Gasteiger partial charge in [0.2, 0.25) is 45.4 Å². The Kier molecular flexibility index (Phi) is 17.5. The lowest BCUT2D eigenvalue weighted by molar-refractivity contribution is -0.172. The van der Waals surface area contributed by atoms with Gasteiger partial charge in [-0.25, -0.2) is 28.2 Å². The number of hydrogen-bond acceptors (Lipinski definition) is 16. The van der Waals surface area contributed by atoms with Gasteiger partial charge in [0.05, 0.1) is 41.1 Å². The average molecular weight is 1040 g/mol. The molecule has 74 heavy (non-hydrogen) atoms. The first kappa shape index (κ1) is 54.6. The number of aromatic nitrogens is 4. The first-order valence-electron chi connectivity index (χ1n) is 24.8. The summed E-state index contributed by atoms with van der Waals surface area (Å²) < 4.78 is 41.3. The number of carbonyl (C=O) groups is 5. The SMILES string of the molecule is CCN(CC)CCCC[C@H](NC(=O)[C@@H](NC(=O)CCCC#Cc1cnc(S(C)(=O)=O)nc1)C(C)C)C(=O)NCC(=O)NC/C=C/c1c2c(nc3cc4c(cc13)OCO4)-c1cc3c(c(=O)n1C2)COC(=O)[C@]3(O)CC. The second-order valence-corrected chi connectivity index (χ2v) is 20.6. The molecule has 3 atom stereocenters. The van der Waals surface area contributed by atoms with Crippen LogP contribution in [-0.2, 0) is 57.3 Å².